The molecule has 5 rings (SSSR count). The third-order valence-corrected chi connectivity index (χ3v) is 7.19. The first-order chi connectivity index (χ1) is 16.8. The standard InChI is InChI=1S/C28H23Cl2NO4/c1-16-13-20-14-19(8-10-23(20)35-16)26(32)24-25(18-7-9-21(29)22(30)15-18)31(28(34)27(24)33)12-11-17-5-3-2-4-6-17/h2-10,14-16,25,32H,11-13H2,1H3/b26-24+. The first-order valence-electron chi connectivity index (χ1n) is 11.4. The van der Waals surface area contributed by atoms with Crippen molar-refractivity contribution >= 4 is 40.7 Å². The van der Waals surface area contributed by atoms with Crippen LogP contribution in [0.1, 0.15) is 35.2 Å². The lowest BCUT2D eigenvalue weighted by atomic mass is 9.94. The van der Waals surface area contributed by atoms with Gasteiger partial charge in [0.2, 0.25) is 0 Å². The highest BCUT2D eigenvalue weighted by Crippen LogP contribution is 2.42. The fourth-order valence-corrected chi connectivity index (χ4v) is 5.07. The van der Waals surface area contributed by atoms with Crippen molar-refractivity contribution in [3.63, 3.8) is 0 Å². The number of benzene rings is 3. The molecule has 0 radical (unpaired) electrons. The smallest absolute Gasteiger partial charge is 0.295 e. The van der Waals surface area contributed by atoms with Crippen LogP contribution in [0.25, 0.3) is 5.76 Å². The minimum absolute atomic E-state index is 0.0355. The zero-order chi connectivity index (χ0) is 24.7. The molecule has 2 heterocycles. The molecule has 0 aromatic heterocycles. The number of amides is 1. The first-order valence-corrected chi connectivity index (χ1v) is 12.2. The van der Waals surface area contributed by atoms with E-state index in [4.69, 9.17) is 27.9 Å². The van der Waals surface area contributed by atoms with Crippen LogP contribution in [-0.2, 0) is 22.4 Å². The van der Waals surface area contributed by atoms with Crippen molar-refractivity contribution in [2.45, 2.75) is 31.9 Å². The topological polar surface area (TPSA) is 66.8 Å². The average Bonchev–Trinajstić information content (AvgIpc) is 3.35. The number of ketones is 1. The van der Waals surface area contributed by atoms with Crippen LogP contribution >= 0.6 is 23.2 Å². The van der Waals surface area contributed by atoms with Gasteiger partial charge in [-0.25, -0.2) is 0 Å². The van der Waals surface area contributed by atoms with Crippen molar-refractivity contribution in [1.29, 1.82) is 0 Å². The van der Waals surface area contributed by atoms with E-state index in [2.05, 4.69) is 0 Å². The molecule has 3 aromatic carbocycles. The van der Waals surface area contributed by atoms with Gasteiger partial charge in [-0.05, 0) is 60.4 Å². The van der Waals surface area contributed by atoms with Crippen molar-refractivity contribution in [2.75, 3.05) is 6.54 Å². The summed E-state index contributed by atoms with van der Waals surface area (Å²) in [6.07, 6.45) is 1.31. The summed E-state index contributed by atoms with van der Waals surface area (Å²) in [7, 11) is 0. The lowest BCUT2D eigenvalue weighted by Gasteiger charge is -2.25. The number of rotatable bonds is 5. The molecule has 1 amide bonds. The van der Waals surface area contributed by atoms with Gasteiger partial charge in [-0.3, -0.25) is 9.59 Å². The predicted molar refractivity (Wildman–Crippen MR) is 136 cm³/mol. The Labute approximate surface area is 213 Å². The largest absolute Gasteiger partial charge is 0.507 e. The van der Waals surface area contributed by atoms with Gasteiger partial charge < -0.3 is 14.7 Å². The Hall–Kier alpha value is -3.28. The van der Waals surface area contributed by atoms with Crippen LogP contribution in [0.4, 0.5) is 0 Å². The second kappa shape index (κ2) is 9.40. The van der Waals surface area contributed by atoms with E-state index in [1.54, 1.807) is 30.3 Å². The van der Waals surface area contributed by atoms with E-state index in [1.165, 1.54) is 4.90 Å². The van der Waals surface area contributed by atoms with E-state index < -0.39 is 17.7 Å². The number of hydrogen-bond acceptors (Lipinski definition) is 4. The highest BCUT2D eigenvalue weighted by Gasteiger charge is 2.46. The van der Waals surface area contributed by atoms with Crippen LogP contribution in [0.3, 0.4) is 0 Å². The van der Waals surface area contributed by atoms with Crippen LogP contribution in [0.5, 0.6) is 5.75 Å². The molecule has 0 aliphatic carbocycles. The van der Waals surface area contributed by atoms with Crippen molar-refractivity contribution in [2.24, 2.45) is 0 Å². The van der Waals surface area contributed by atoms with Gasteiger partial charge in [-0.15, -0.1) is 0 Å². The van der Waals surface area contributed by atoms with Crippen LogP contribution in [0.15, 0.2) is 72.3 Å². The molecule has 0 bridgehead atoms. The van der Waals surface area contributed by atoms with Crippen molar-refractivity contribution in [1.82, 2.24) is 4.90 Å². The molecule has 1 N–H and O–H groups in total. The molecule has 2 aliphatic heterocycles. The molecule has 2 unspecified atom stereocenters. The number of hydrogen-bond donors (Lipinski definition) is 1. The van der Waals surface area contributed by atoms with E-state index in [-0.39, 0.29) is 17.4 Å². The van der Waals surface area contributed by atoms with Gasteiger partial charge in [0.05, 0.1) is 21.7 Å². The zero-order valence-corrected chi connectivity index (χ0v) is 20.5. The van der Waals surface area contributed by atoms with Gasteiger partial charge in [-0.1, -0.05) is 59.6 Å². The van der Waals surface area contributed by atoms with Crippen LogP contribution in [0, 0.1) is 0 Å². The molecule has 2 atom stereocenters. The number of nitrogens with zero attached hydrogens (tertiary/aromatic N) is 1. The molecule has 3 aromatic rings. The van der Waals surface area contributed by atoms with Gasteiger partial charge >= 0.3 is 0 Å². The Morgan fingerprint density at radius 1 is 1.03 bits per heavy atom. The monoisotopic (exact) mass is 507 g/mol. The summed E-state index contributed by atoms with van der Waals surface area (Å²) in [6, 6.07) is 19.2. The molecule has 1 fully saturated rings. The minimum atomic E-state index is -0.795. The maximum absolute atomic E-state index is 13.3. The molecule has 5 nitrogen and oxygen atoms in total. The molecular weight excluding hydrogens is 485 g/mol. The lowest BCUT2D eigenvalue weighted by Crippen LogP contribution is -2.31. The third kappa shape index (κ3) is 4.42. The fourth-order valence-electron chi connectivity index (χ4n) is 4.76. The summed E-state index contributed by atoms with van der Waals surface area (Å²) < 4.78 is 5.76. The number of aliphatic hydroxyl groups excluding tert-OH is 1. The van der Waals surface area contributed by atoms with Crippen LogP contribution < -0.4 is 4.74 Å². The Kier molecular flexibility index (Phi) is 6.30. The van der Waals surface area contributed by atoms with E-state index in [0.717, 1.165) is 16.9 Å². The SMILES string of the molecule is CC1Cc2cc(/C(O)=C3\C(=O)C(=O)N(CCc4ccccc4)C3c3ccc(Cl)c(Cl)c3)ccc2O1. The summed E-state index contributed by atoms with van der Waals surface area (Å²) >= 11 is 12.4. The summed E-state index contributed by atoms with van der Waals surface area (Å²) in [4.78, 5) is 28.0. The molecular formula is C28H23Cl2NO4. The third-order valence-electron chi connectivity index (χ3n) is 6.45. The number of aliphatic hydroxyl groups is 1. The number of halogens is 2. The summed E-state index contributed by atoms with van der Waals surface area (Å²) in [5.74, 6) is -0.837. The second-order valence-electron chi connectivity index (χ2n) is 8.86. The van der Waals surface area contributed by atoms with E-state index in [1.807, 2.05) is 43.3 Å². The second-order valence-corrected chi connectivity index (χ2v) is 9.67. The van der Waals surface area contributed by atoms with Crippen molar-refractivity contribution in [3.8, 4) is 5.75 Å². The van der Waals surface area contributed by atoms with Crippen LogP contribution in [0.2, 0.25) is 10.0 Å². The van der Waals surface area contributed by atoms with Gasteiger partial charge in [-0.2, -0.15) is 0 Å². The molecule has 1 saturated heterocycles. The van der Waals surface area contributed by atoms with Gasteiger partial charge in [0.1, 0.15) is 17.6 Å². The quantitative estimate of drug-likeness (QED) is 0.262. The maximum Gasteiger partial charge on any atom is 0.295 e. The number of carbonyl (C=O) groups is 2. The summed E-state index contributed by atoms with van der Waals surface area (Å²) in [5.41, 5.74) is 3.09. The number of ether oxygens (including phenoxy) is 1. The zero-order valence-electron chi connectivity index (χ0n) is 19.0. The molecule has 0 saturated carbocycles. The van der Waals surface area contributed by atoms with Gasteiger partial charge in [0, 0.05) is 18.5 Å². The molecule has 7 heteroatoms. The maximum atomic E-state index is 13.3. The number of carbonyl (C=O) groups excluding carboxylic acids is 2. The summed E-state index contributed by atoms with van der Waals surface area (Å²) in [5, 5.41) is 12.0. The predicted octanol–water partition coefficient (Wildman–Crippen LogP) is 5.98. The van der Waals surface area contributed by atoms with Gasteiger partial charge in [0.25, 0.3) is 11.7 Å². The Bertz CT molecular complexity index is 1350. The molecule has 2 aliphatic rings. The Morgan fingerprint density at radius 2 is 1.80 bits per heavy atom. The number of likely N-dealkylation sites (tertiary alicyclic amines) is 1. The number of Topliss-reactive ketones (excluding diaryl/α,β-unsaturated/α-hetero) is 1. The lowest BCUT2D eigenvalue weighted by molar-refractivity contribution is -0.139. The molecule has 35 heavy (non-hydrogen) atoms. The van der Waals surface area contributed by atoms with Crippen molar-refractivity contribution < 1.29 is 19.4 Å². The van der Waals surface area contributed by atoms with Crippen LogP contribution in [-0.4, -0.2) is 34.3 Å². The van der Waals surface area contributed by atoms with E-state index >= 15 is 0 Å². The minimum Gasteiger partial charge on any atom is -0.507 e. The number of fused-ring (bicyclic) bond motifs is 1. The Balaban J connectivity index is 1.59. The summed E-state index contributed by atoms with van der Waals surface area (Å²) in [6.45, 7) is 2.27. The normalized spacial score (nSPS) is 20.7. The molecule has 178 valence electrons. The van der Waals surface area contributed by atoms with Crippen molar-refractivity contribution in [3.05, 3.63) is 105 Å². The first kappa shape index (κ1) is 23.5. The fraction of sp³-hybridized carbons (Fsp3) is 0.214. The Morgan fingerprint density at radius 3 is 2.54 bits per heavy atom. The highest BCUT2D eigenvalue weighted by molar-refractivity contribution is 6.46. The average molecular weight is 508 g/mol. The van der Waals surface area contributed by atoms with E-state index in [0.29, 0.717) is 40.6 Å². The molecule has 0 spiro atoms. The highest BCUT2D eigenvalue weighted by atomic mass is 35.5. The van der Waals surface area contributed by atoms with Gasteiger partial charge in [0.15, 0.2) is 0 Å². The van der Waals surface area contributed by atoms with E-state index in [9.17, 15) is 14.7 Å².